The summed E-state index contributed by atoms with van der Waals surface area (Å²) < 4.78 is 0. The largest absolute Gasteiger partial charge is 0.505 e. The maximum Gasteiger partial charge on any atom is 0.149 e. The first-order valence-electron chi connectivity index (χ1n) is 7.26. The molecule has 3 aromatic heterocycles. The second-order valence-electron chi connectivity index (χ2n) is 5.19. The van der Waals surface area contributed by atoms with Crippen LogP contribution in [0.3, 0.4) is 0 Å². The Morgan fingerprint density at radius 2 is 1.30 bits per heavy atom. The smallest absolute Gasteiger partial charge is 0.149 e. The van der Waals surface area contributed by atoms with Gasteiger partial charge in [-0.25, -0.2) is 0 Å². The van der Waals surface area contributed by atoms with E-state index < -0.39 is 0 Å². The maximum absolute atomic E-state index is 10.7. The molecule has 0 fully saturated rings. The predicted molar refractivity (Wildman–Crippen MR) is 89.9 cm³/mol. The molecule has 0 amide bonds. The summed E-state index contributed by atoms with van der Waals surface area (Å²) in [5, 5.41) is 11.6. The number of aromatic hydroxyl groups is 1. The number of nitrogens with zero attached hydrogens (tertiary/aromatic N) is 3. The average Bonchev–Trinajstić information content (AvgIpc) is 2.64. The van der Waals surface area contributed by atoms with Gasteiger partial charge in [-0.3, -0.25) is 15.0 Å². The molecule has 1 N–H and O–H groups in total. The molecule has 0 aliphatic heterocycles. The van der Waals surface area contributed by atoms with Crippen molar-refractivity contribution in [3.05, 3.63) is 73.4 Å². The van der Waals surface area contributed by atoms with Gasteiger partial charge < -0.3 is 5.11 Å². The summed E-state index contributed by atoms with van der Waals surface area (Å²) in [4.78, 5) is 12.5. The zero-order chi connectivity index (χ0) is 15.6. The molecule has 0 radical (unpaired) electrons. The van der Waals surface area contributed by atoms with Crippen molar-refractivity contribution in [3.63, 3.8) is 0 Å². The molecule has 4 aromatic rings. The Morgan fingerprint density at radius 1 is 0.696 bits per heavy atom. The van der Waals surface area contributed by atoms with E-state index in [0.29, 0.717) is 5.52 Å². The summed E-state index contributed by atoms with van der Waals surface area (Å²) in [6, 6.07) is 13.5. The fourth-order valence-corrected chi connectivity index (χ4v) is 2.75. The summed E-state index contributed by atoms with van der Waals surface area (Å²) in [7, 11) is 0. The number of hydrogen-bond acceptors (Lipinski definition) is 4. The molecular formula is C19H13N3O. The third-order valence-electron chi connectivity index (χ3n) is 3.85. The average molecular weight is 299 g/mol. The standard InChI is InChI=1S/C19H13N3O/c23-19-17(14-5-10-21-11-6-14)12-16(13-3-8-20-9-4-13)15-2-1-7-22-18(15)19/h1-12,23H. The fraction of sp³-hybridized carbons (Fsp3) is 0. The van der Waals surface area contributed by atoms with Crippen molar-refractivity contribution in [1.82, 2.24) is 15.0 Å². The van der Waals surface area contributed by atoms with Gasteiger partial charge in [0.1, 0.15) is 11.3 Å². The van der Waals surface area contributed by atoms with Crippen molar-refractivity contribution in [3.8, 4) is 28.0 Å². The van der Waals surface area contributed by atoms with E-state index in [4.69, 9.17) is 0 Å². The Hall–Kier alpha value is -3.27. The predicted octanol–water partition coefficient (Wildman–Crippen LogP) is 4.06. The van der Waals surface area contributed by atoms with E-state index >= 15 is 0 Å². The molecule has 1 aromatic carbocycles. The van der Waals surface area contributed by atoms with Crippen LogP contribution in [0.5, 0.6) is 5.75 Å². The lowest BCUT2D eigenvalue weighted by atomic mass is 9.95. The Labute approximate surface area is 133 Å². The molecule has 0 atom stereocenters. The first kappa shape index (κ1) is 13.4. The molecule has 0 aliphatic carbocycles. The van der Waals surface area contributed by atoms with E-state index in [0.717, 1.165) is 27.6 Å². The number of rotatable bonds is 2. The number of phenols is 1. The van der Waals surface area contributed by atoms with Gasteiger partial charge in [0.05, 0.1) is 0 Å². The third kappa shape index (κ3) is 2.30. The molecule has 0 spiro atoms. The van der Waals surface area contributed by atoms with Crippen LogP contribution in [0.4, 0.5) is 0 Å². The van der Waals surface area contributed by atoms with E-state index in [9.17, 15) is 5.11 Å². The van der Waals surface area contributed by atoms with E-state index in [-0.39, 0.29) is 5.75 Å². The van der Waals surface area contributed by atoms with Crippen molar-refractivity contribution >= 4 is 10.9 Å². The molecule has 4 nitrogen and oxygen atoms in total. The molecule has 3 heterocycles. The van der Waals surface area contributed by atoms with Crippen LogP contribution in [0.15, 0.2) is 73.4 Å². The third-order valence-corrected chi connectivity index (χ3v) is 3.85. The fourth-order valence-electron chi connectivity index (χ4n) is 2.75. The zero-order valence-electron chi connectivity index (χ0n) is 12.2. The second kappa shape index (κ2) is 5.50. The van der Waals surface area contributed by atoms with Crippen LogP contribution in [0.25, 0.3) is 33.2 Å². The molecule has 4 heteroatoms. The minimum Gasteiger partial charge on any atom is -0.505 e. The summed E-state index contributed by atoms with van der Waals surface area (Å²) >= 11 is 0. The summed E-state index contributed by atoms with van der Waals surface area (Å²) in [6.45, 7) is 0. The van der Waals surface area contributed by atoms with Crippen LogP contribution in [0.1, 0.15) is 0 Å². The van der Waals surface area contributed by atoms with Gasteiger partial charge in [-0.2, -0.15) is 0 Å². The highest BCUT2D eigenvalue weighted by atomic mass is 16.3. The Balaban J connectivity index is 2.08. The molecule has 4 rings (SSSR count). The first-order chi connectivity index (χ1) is 11.3. The highest BCUT2D eigenvalue weighted by molar-refractivity contribution is 6.02. The van der Waals surface area contributed by atoms with E-state index in [2.05, 4.69) is 15.0 Å². The highest BCUT2D eigenvalue weighted by Crippen LogP contribution is 2.40. The molecule has 0 unspecified atom stereocenters. The molecule has 23 heavy (non-hydrogen) atoms. The van der Waals surface area contributed by atoms with Crippen molar-refractivity contribution in [2.45, 2.75) is 0 Å². The monoisotopic (exact) mass is 299 g/mol. The number of hydrogen-bond donors (Lipinski definition) is 1. The first-order valence-corrected chi connectivity index (χ1v) is 7.26. The van der Waals surface area contributed by atoms with Crippen LogP contribution in [-0.2, 0) is 0 Å². The summed E-state index contributed by atoms with van der Waals surface area (Å²) in [5.74, 6) is 0.185. The van der Waals surface area contributed by atoms with E-state index in [1.165, 1.54) is 0 Å². The van der Waals surface area contributed by atoms with Gasteiger partial charge in [0.15, 0.2) is 0 Å². The van der Waals surface area contributed by atoms with Gasteiger partial charge in [0.2, 0.25) is 0 Å². The highest BCUT2D eigenvalue weighted by Gasteiger charge is 2.14. The molecule has 110 valence electrons. The quantitative estimate of drug-likeness (QED) is 0.606. The van der Waals surface area contributed by atoms with Gasteiger partial charge in [-0.15, -0.1) is 0 Å². The molecule has 0 aliphatic rings. The Kier molecular flexibility index (Phi) is 3.20. The van der Waals surface area contributed by atoms with Crippen LogP contribution >= 0.6 is 0 Å². The van der Waals surface area contributed by atoms with Gasteiger partial charge in [-0.1, -0.05) is 6.07 Å². The van der Waals surface area contributed by atoms with Crippen LogP contribution in [0.2, 0.25) is 0 Å². The van der Waals surface area contributed by atoms with Crippen molar-refractivity contribution in [1.29, 1.82) is 0 Å². The number of fused-ring (bicyclic) bond motifs is 1. The van der Waals surface area contributed by atoms with Crippen molar-refractivity contribution < 1.29 is 5.11 Å². The van der Waals surface area contributed by atoms with Crippen molar-refractivity contribution in [2.24, 2.45) is 0 Å². The Bertz CT molecular complexity index is 970. The number of phenolic OH excluding ortho intramolecular Hbond substituents is 1. The molecule has 0 saturated carbocycles. The minimum atomic E-state index is 0.185. The Morgan fingerprint density at radius 3 is 1.96 bits per heavy atom. The van der Waals surface area contributed by atoms with Gasteiger partial charge in [0, 0.05) is 41.9 Å². The van der Waals surface area contributed by atoms with Gasteiger partial charge in [0.25, 0.3) is 0 Å². The number of benzene rings is 1. The molecular weight excluding hydrogens is 286 g/mol. The second-order valence-corrected chi connectivity index (χ2v) is 5.19. The summed E-state index contributed by atoms with van der Waals surface area (Å²) in [5.41, 5.74) is 4.29. The lowest BCUT2D eigenvalue weighted by molar-refractivity contribution is 0.482. The lowest BCUT2D eigenvalue weighted by Crippen LogP contribution is -1.89. The van der Waals surface area contributed by atoms with Gasteiger partial charge in [-0.05, 0) is 53.1 Å². The van der Waals surface area contributed by atoms with Crippen molar-refractivity contribution in [2.75, 3.05) is 0 Å². The minimum absolute atomic E-state index is 0.185. The van der Waals surface area contributed by atoms with Crippen LogP contribution < -0.4 is 0 Å². The zero-order valence-corrected chi connectivity index (χ0v) is 12.2. The van der Waals surface area contributed by atoms with Crippen LogP contribution in [-0.4, -0.2) is 20.1 Å². The normalized spacial score (nSPS) is 10.8. The van der Waals surface area contributed by atoms with E-state index in [1.807, 2.05) is 42.5 Å². The van der Waals surface area contributed by atoms with E-state index in [1.54, 1.807) is 31.0 Å². The van der Waals surface area contributed by atoms with Crippen LogP contribution in [0, 0.1) is 0 Å². The maximum atomic E-state index is 10.7. The number of aromatic nitrogens is 3. The lowest BCUT2D eigenvalue weighted by Gasteiger charge is -2.12. The molecule has 0 saturated heterocycles. The number of pyridine rings is 3. The molecule has 0 bridgehead atoms. The SMILES string of the molecule is Oc1c(-c2ccncc2)cc(-c2ccncc2)c2cccnc12. The van der Waals surface area contributed by atoms with Gasteiger partial charge >= 0.3 is 0 Å². The summed E-state index contributed by atoms with van der Waals surface area (Å²) in [6.07, 6.45) is 8.63. The topological polar surface area (TPSA) is 58.9 Å².